The Kier molecular flexibility index (Phi) is 4.41. The maximum Gasteiger partial charge on any atom is 0.471 e. The van der Waals surface area contributed by atoms with E-state index in [0.717, 1.165) is 0 Å². The van der Waals surface area contributed by atoms with Crippen LogP contribution in [-0.4, -0.2) is 23.2 Å². The lowest BCUT2D eigenvalue weighted by Gasteiger charge is -2.11. The summed E-state index contributed by atoms with van der Waals surface area (Å²) in [6.07, 6.45) is -4.99. The van der Waals surface area contributed by atoms with E-state index in [9.17, 15) is 22.8 Å². The van der Waals surface area contributed by atoms with Crippen LogP contribution < -0.4 is 5.32 Å². The van der Waals surface area contributed by atoms with Crippen LogP contribution >= 0.6 is 11.6 Å². The van der Waals surface area contributed by atoms with Crippen LogP contribution in [0.25, 0.3) is 0 Å². The Labute approximate surface area is 111 Å². The van der Waals surface area contributed by atoms with Gasteiger partial charge in [-0.3, -0.25) is 4.79 Å². The lowest BCUT2D eigenvalue weighted by molar-refractivity contribution is -0.173. The molecule has 0 bridgehead atoms. The molecule has 0 aromatic heterocycles. The minimum atomic E-state index is -4.99. The summed E-state index contributed by atoms with van der Waals surface area (Å²) >= 11 is 5.79. The molecule has 0 saturated heterocycles. The minimum absolute atomic E-state index is 0.0993. The van der Waals surface area contributed by atoms with Gasteiger partial charge in [-0.15, -0.1) is 0 Å². The van der Waals surface area contributed by atoms with Gasteiger partial charge in [-0.2, -0.15) is 13.2 Å². The molecule has 0 saturated carbocycles. The smallest absolute Gasteiger partial charge is 0.471 e. The third-order valence-corrected chi connectivity index (χ3v) is 2.77. The molecule has 1 amide bonds. The maximum absolute atomic E-state index is 12.0. The SMILES string of the molecule is Cc1ccc(CNC(=O)C(F)(F)F)c(Cl)c1C(=O)O. The summed E-state index contributed by atoms with van der Waals surface area (Å²) in [4.78, 5) is 21.6. The normalized spacial score (nSPS) is 11.2. The highest BCUT2D eigenvalue weighted by molar-refractivity contribution is 6.34. The second kappa shape index (κ2) is 5.48. The molecule has 0 aliphatic carbocycles. The van der Waals surface area contributed by atoms with Gasteiger partial charge >= 0.3 is 18.1 Å². The number of aromatic carboxylic acids is 1. The van der Waals surface area contributed by atoms with Crippen LogP contribution in [0.2, 0.25) is 5.02 Å². The third kappa shape index (κ3) is 3.60. The number of hydrogen-bond donors (Lipinski definition) is 2. The van der Waals surface area contributed by atoms with Crippen molar-refractivity contribution in [1.82, 2.24) is 5.32 Å². The second-order valence-corrected chi connectivity index (χ2v) is 4.09. The van der Waals surface area contributed by atoms with Gasteiger partial charge < -0.3 is 10.4 Å². The van der Waals surface area contributed by atoms with Crippen LogP contribution in [0, 0.1) is 6.92 Å². The Balaban J connectivity index is 2.95. The molecule has 0 aliphatic rings. The number of halogens is 4. The molecule has 0 atom stereocenters. The van der Waals surface area contributed by atoms with Gasteiger partial charge in [0.15, 0.2) is 0 Å². The molecular weight excluding hydrogens is 287 g/mol. The molecule has 0 spiro atoms. The number of alkyl halides is 3. The predicted octanol–water partition coefficient (Wildman–Crippen LogP) is 2.53. The highest BCUT2D eigenvalue weighted by atomic mass is 35.5. The van der Waals surface area contributed by atoms with Gasteiger partial charge in [0.2, 0.25) is 0 Å². The molecule has 0 heterocycles. The number of carboxylic acid groups (broad SMARTS) is 1. The summed E-state index contributed by atoms with van der Waals surface area (Å²) in [6, 6.07) is 2.77. The standard InChI is InChI=1S/C11H9ClF3NO3/c1-5-2-3-6(8(12)7(5)9(17)18)4-16-10(19)11(13,14)15/h2-3H,4H2,1H3,(H,16,19)(H,17,18). The fourth-order valence-electron chi connectivity index (χ4n) is 1.39. The van der Waals surface area contributed by atoms with Gasteiger partial charge in [0.1, 0.15) is 0 Å². The van der Waals surface area contributed by atoms with E-state index in [2.05, 4.69) is 0 Å². The van der Waals surface area contributed by atoms with E-state index in [4.69, 9.17) is 16.7 Å². The van der Waals surface area contributed by atoms with Crippen LogP contribution in [0.4, 0.5) is 13.2 Å². The second-order valence-electron chi connectivity index (χ2n) is 3.72. The fourth-order valence-corrected chi connectivity index (χ4v) is 1.75. The van der Waals surface area contributed by atoms with Crippen LogP contribution in [0.3, 0.4) is 0 Å². The Morgan fingerprint density at radius 1 is 1.37 bits per heavy atom. The molecule has 2 N–H and O–H groups in total. The molecular formula is C11H9ClF3NO3. The van der Waals surface area contributed by atoms with Crippen molar-refractivity contribution in [3.05, 3.63) is 33.8 Å². The van der Waals surface area contributed by atoms with E-state index in [1.54, 1.807) is 5.32 Å². The summed E-state index contributed by atoms with van der Waals surface area (Å²) in [5.41, 5.74) is 0.283. The number of rotatable bonds is 3. The zero-order valence-electron chi connectivity index (χ0n) is 9.64. The average molecular weight is 296 g/mol. The number of aryl methyl sites for hydroxylation is 1. The topological polar surface area (TPSA) is 66.4 Å². The number of carboxylic acids is 1. The average Bonchev–Trinajstić information content (AvgIpc) is 2.25. The zero-order chi connectivity index (χ0) is 14.8. The molecule has 0 fully saturated rings. The highest BCUT2D eigenvalue weighted by Crippen LogP contribution is 2.25. The summed E-state index contributed by atoms with van der Waals surface area (Å²) in [6.45, 7) is 1.01. The first-order valence-electron chi connectivity index (χ1n) is 5.01. The van der Waals surface area contributed by atoms with Crippen molar-refractivity contribution in [3.8, 4) is 0 Å². The Hall–Kier alpha value is -1.76. The van der Waals surface area contributed by atoms with Crippen LogP contribution in [0.15, 0.2) is 12.1 Å². The fraction of sp³-hybridized carbons (Fsp3) is 0.273. The van der Waals surface area contributed by atoms with Crippen molar-refractivity contribution < 1.29 is 27.9 Å². The van der Waals surface area contributed by atoms with Crippen LogP contribution in [-0.2, 0) is 11.3 Å². The van der Waals surface area contributed by atoms with E-state index in [1.165, 1.54) is 19.1 Å². The summed E-state index contributed by atoms with van der Waals surface area (Å²) in [7, 11) is 0. The predicted molar refractivity (Wildman–Crippen MR) is 61.1 cm³/mol. The van der Waals surface area contributed by atoms with Crippen LogP contribution in [0.5, 0.6) is 0 Å². The summed E-state index contributed by atoms with van der Waals surface area (Å²) in [5.74, 6) is -3.40. The molecule has 4 nitrogen and oxygen atoms in total. The van der Waals surface area contributed by atoms with Gasteiger partial charge in [-0.05, 0) is 18.1 Å². The molecule has 0 radical (unpaired) electrons. The monoisotopic (exact) mass is 295 g/mol. The maximum atomic E-state index is 12.0. The Morgan fingerprint density at radius 2 is 1.95 bits per heavy atom. The van der Waals surface area contributed by atoms with Gasteiger partial charge in [-0.1, -0.05) is 23.7 Å². The first-order chi connectivity index (χ1) is 8.64. The van der Waals surface area contributed by atoms with Crippen molar-refractivity contribution in [1.29, 1.82) is 0 Å². The largest absolute Gasteiger partial charge is 0.478 e. The number of benzene rings is 1. The number of carbonyl (C=O) groups is 2. The molecule has 8 heteroatoms. The van der Waals surface area contributed by atoms with Gasteiger partial charge in [0.25, 0.3) is 0 Å². The summed E-state index contributed by atoms with van der Waals surface area (Å²) < 4.78 is 36.0. The number of amides is 1. The molecule has 1 rings (SSSR count). The van der Waals surface area contributed by atoms with Crippen molar-refractivity contribution in [2.45, 2.75) is 19.6 Å². The first-order valence-corrected chi connectivity index (χ1v) is 5.38. The number of carbonyl (C=O) groups excluding carboxylic acids is 1. The van der Waals surface area contributed by atoms with Gasteiger partial charge in [0, 0.05) is 6.54 Å². The summed E-state index contributed by atoms with van der Waals surface area (Å²) in [5, 5.41) is 10.4. The molecule has 0 unspecified atom stereocenters. The van der Waals surface area contributed by atoms with E-state index in [0.29, 0.717) is 5.56 Å². The quantitative estimate of drug-likeness (QED) is 0.900. The van der Waals surface area contributed by atoms with Gasteiger partial charge in [0.05, 0.1) is 10.6 Å². The van der Waals surface area contributed by atoms with Crippen molar-refractivity contribution in [2.75, 3.05) is 0 Å². The lowest BCUT2D eigenvalue weighted by atomic mass is 10.0. The third-order valence-electron chi connectivity index (χ3n) is 2.34. The lowest BCUT2D eigenvalue weighted by Crippen LogP contribution is -2.36. The number of nitrogens with one attached hydrogen (secondary N) is 1. The molecule has 104 valence electrons. The molecule has 1 aromatic rings. The van der Waals surface area contributed by atoms with Gasteiger partial charge in [-0.25, -0.2) is 4.79 Å². The van der Waals surface area contributed by atoms with Crippen molar-refractivity contribution in [3.63, 3.8) is 0 Å². The molecule has 0 aliphatic heterocycles. The first kappa shape index (κ1) is 15.3. The number of hydrogen-bond acceptors (Lipinski definition) is 2. The molecule has 19 heavy (non-hydrogen) atoms. The van der Waals surface area contributed by atoms with Crippen LogP contribution in [0.1, 0.15) is 21.5 Å². The van der Waals surface area contributed by atoms with E-state index >= 15 is 0 Å². The van der Waals surface area contributed by atoms with E-state index in [-0.39, 0.29) is 16.1 Å². The minimum Gasteiger partial charge on any atom is -0.478 e. The van der Waals surface area contributed by atoms with E-state index < -0.39 is 24.6 Å². The van der Waals surface area contributed by atoms with E-state index in [1.807, 2.05) is 0 Å². The van der Waals surface area contributed by atoms with Crippen molar-refractivity contribution >= 4 is 23.5 Å². The van der Waals surface area contributed by atoms with Crippen molar-refractivity contribution in [2.24, 2.45) is 0 Å². The highest BCUT2D eigenvalue weighted by Gasteiger charge is 2.38. The Morgan fingerprint density at radius 3 is 2.42 bits per heavy atom. The molecule has 1 aromatic carbocycles. The Bertz CT molecular complexity index is 529. The zero-order valence-corrected chi connectivity index (χ0v) is 10.4.